The molecule has 10 heteroatoms. The third kappa shape index (κ3) is 5.99. The van der Waals surface area contributed by atoms with E-state index in [0.717, 1.165) is 10.9 Å². The molecule has 0 saturated heterocycles. The summed E-state index contributed by atoms with van der Waals surface area (Å²) < 4.78 is 51.9. The van der Waals surface area contributed by atoms with Crippen LogP contribution in [-0.4, -0.2) is 30.8 Å². The Morgan fingerprint density at radius 2 is 2.00 bits per heavy atom. The SMILES string of the molecule is COc1ccc2c(C)c(CCC(=O)NCc3ccnc(OCC(F)(F)F)c3)c(=O)oc2c1. The van der Waals surface area contributed by atoms with E-state index in [4.69, 9.17) is 9.15 Å². The lowest BCUT2D eigenvalue weighted by atomic mass is 10.0. The molecule has 0 atom stereocenters. The molecular formula is C22H21F3N2O5. The average molecular weight is 450 g/mol. The van der Waals surface area contributed by atoms with Gasteiger partial charge < -0.3 is 19.2 Å². The van der Waals surface area contributed by atoms with E-state index in [1.165, 1.54) is 19.4 Å². The van der Waals surface area contributed by atoms with E-state index in [0.29, 0.717) is 22.5 Å². The number of hydrogen-bond acceptors (Lipinski definition) is 6. The Morgan fingerprint density at radius 1 is 1.22 bits per heavy atom. The van der Waals surface area contributed by atoms with Gasteiger partial charge in [-0.1, -0.05) is 0 Å². The molecule has 0 unspecified atom stereocenters. The van der Waals surface area contributed by atoms with Gasteiger partial charge in [-0.3, -0.25) is 4.79 Å². The number of nitrogens with one attached hydrogen (secondary N) is 1. The maximum absolute atomic E-state index is 12.4. The quantitative estimate of drug-likeness (QED) is 0.527. The lowest BCUT2D eigenvalue weighted by Gasteiger charge is -2.10. The van der Waals surface area contributed by atoms with Crippen molar-refractivity contribution in [3.8, 4) is 11.6 Å². The monoisotopic (exact) mass is 450 g/mol. The third-order valence-electron chi connectivity index (χ3n) is 4.77. The fraction of sp³-hybridized carbons (Fsp3) is 0.318. The van der Waals surface area contributed by atoms with E-state index in [2.05, 4.69) is 15.0 Å². The first-order valence-corrected chi connectivity index (χ1v) is 9.68. The molecule has 7 nitrogen and oxygen atoms in total. The number of alkyl halides is 3. The molecule has 0 aliphatic heterocycles. The van der Waals surface area contributed by atoms with Crippen molar-refractivity contribution in [2.45, 2.75) is 32.5 Å². The molecule has 0 spiro atoms. The van der Waals surface area contributed by atoms with Gasteiger partial charge in [-0.15, -0.1) is 0 Å². The van der Waals surface area contributed by atoms with Crippen molar-refractivity contribution < 1.29 is 31.9 Å². The van der Waals surface area contributed by atoms with Gasteiger partial charge in [0, 0.05) is 42.2 Å². The number of aromatic nitrogens is 1. The zero-order valence-electron chi connectivity index (χ0n) is 17.4. The first-order chi connectivity index (χ1) is 15.2. The zero-order chi connectivity index (χ0) is 23.3. The Labute approximate surface area is 181 Å². The molecule has 2 aromatic heterocycles. The molecule has 1 N–H and O–H groups in total. The second-order valence-electron chi connectivity index (χ2n) is 7.04. The topological polar surface area (TPSA) is 90.7 Å². The van der Waals surface area contributed by atoms with E-state index in [1.54, 1.807) is 31.2 Å². The van der Waals surface area contributed by atoms with Crippen LogP contribution < -0.4 is 20.4 Å². The van der Waals surface area contributed by atoms with Gasteiger partial charge in [0.15, 0.2) is 6.61 Å². The molecule has 3 aromatic rings. The van der Waals surface area contributed by atoms with Crippen LogP contribution in [0.1, 0.15) is 23.1 Å². The standard InChI is InChI=1S/C22H21F3N2O5/c1-13-16-4-3-15(30-2)10-18(16)32-21(29)17(13)5-6-19(28)27-11-14-7-8-26-20(9-14)31-12-22(23,24)25/h3-4,7-10H,5-6,11-12H2,1-2H3,(H,27,28). The number of amides is 1. The molecule has 32 heavy (non-hydrogen) atoms. The van der Waals surface area contributed by atoms with Crippen LogP contribution >= 0.6 is 0 Å². The summed E-state index contributed by atoms with van der Waals surface area (Å²) in [7, 11) is 1.52. The van der Waals surface area contributed by atoms with E-state index in [9.17, 15) is 22.8 Å². The van der Waals surface area contributed by atoms with Crippen LogP contribution in [0.2, 0.25) is 0 Å². The Morgan fingerprint density at radius 3 is 2.72 bits per heavy atom. The predicted octanol–water partition coefficient (Wildman–Crippen LogP) is 3.70. The zero-order valence-corrected chi connectivity index (χ0v) is 17.4. The number of aryl methyl sites for hydroxylation is 1. The first-order valence-electron chi connectivity index (χ1n) is 9.68. The summed E-state index contributed by atoms with van der Waals surface area (Å²) in [6.45, 7) is 0.420. The summed E-state index contributed by atoms with van der Waals surface area (Å²) in [5, 5.41) is 3.42. The van der Waals surface area contributed by atoms with Crippen LogP contribution in [0.3, 0.4) is 0 Å². The number of hydrogen-bond donors (Lipinski definition) is 1. The maximum Gasteiger partial charge on any atom is 0.422 e. The van der Waals surface area contributed by atoms with Crippen LogP contribution in [0.5, 0.6) is 11.6 Å². The largest absolute Gasteiger partial charge is 0.497 e. The normalized spacial score (nSPS) is 11.4. The summed E-state index contributed by atoms with van der Waals surface area (Å²) in [5.74, 6) is 0.0542. The van der Waals surface area contributed by atoms with E-state index >= 15 is 0 Å². The number of methoxy groups -OCH3 is 1. The number of carbonyl (C=O) groups excluding carboxylic acids is 1. The molecule has 1 aromatic carbocycles. The molecule has 0 aliphatic carbocycles. The number of pyridine rings is 1. The molecule has 0 aliphatic rings. The molecule has 3 rings (SSSR count). The molecule has 2 heterocycles. The Hall–Kier alpha value is -3.56. The minimum atomic E-state index is -4.47. The summed E-state index contributed by atoms with van der Waals surface area (Å²) in [5.41, 5.74) is 1.55. The van der Waals surface area contributed by atoms with Gasteiger partial charge in [-0.25, -0.2) is 9.78 Å². The Balaban J connectivity index is 1.60. The van der Waals surface area contributed by atoms with Crippen molar-refractivity contribution in [2.75, 3.05) is 13.7 Å². The highest BCUT2D eigenvalue weighted by atomic mass is 19.4. The summed E-state index contributed by atoms with van der Waals surface area (Å²) in [6, 6.07) is 8.05. The highest BCUT2D eigenvalue weighted by Gasteiger charge is 2.28. The molecule has 1 amide bonds. The van der Waals surface area contributed by atoms with Gasteiger partial charge in [0.05, 0.1) is 7.11 Å². The number of halogens is 3. The Bertz CT molecular complexity index is 1170. The van der Waals surface area contributed by atoms with Crippen molar-refractivity contribution in [2.24, 2.45) is 0 Å². The fourth-order valence-electron chi connectivity index (χ4n) is 3.11. The average Bonchev–Trinajstić information content (AvgIpc) is 2.75. The molecular weight excluding hydrogens is 429 g/mol. The second kappa shape index (κ2) is 9.71. The molecule has 0 saturated carbocycles. The first kappa shape index (κ1) is 23.1. The minimum absolute atomic E-state index is 0.0375. The highest BCUT2D eigenvalue weighted by molar-refractivity contribution is 5.82. The van der Waals surface area contributed by atoms with Crippen LogP contribution in [0.4, 0.5) is 13.2 Å². The predicted molar refractivity (Wildman–Crippen MR) is 110 cm³/mol. The van der Waals surface area contributed by atoms with E-state index < -0.39 is 18.4 Å². The van der Waals surface area contributed by atoms with Gasteiger partial charge in [0.2, 0.25) is 11.8 Å². The number of benzene rings is 1. The number of fused-ring (bicyclic) bond motifs is 1. The smallest absolute Gasteiger partial charge is 0.422 e. The number of nitrogens with zero attached hydrogens (tertiary/aromatic N) is 1. The van der Waals surface area contributed by atoms with Crippen molar-refractivity contribution >= 4 is 16.9 Å². The summed E-state index contributed by atoms with van der Waals surface area (Å²) in [4.78, 5) is 28.3. The molecule has 0 radical (unpaired) electrons. The maximum atomic E-state index is 12.4. The van der Waals surface area contributed by atoms with Crippen LogP contribution in [0, 0.1) is 6.92 Å². The van der Waals surface area contributed by atoms with Crippen LogP contribution in [-0.2, 0) is 17.8 Å². The molecule has 170 valence electrons. The molecule has 0 fully saturated rings. The molecule has 0 bridgehead atoms. The summed E-state index contributed by atoms with van der Waals surface area (Å²) >= 11 is 0. The van der Waals surface area contributed by atoms with Crippen molar-refractivity contribution in [1.82, 2.24) is 10.3 Å². The summed E-state index contributed by atoms with van der Waals surface area (Å²) in [6.07, 6.45) is -2.95. The number of carbonyl (C=O) groups is 1. The number of rotatable bonds is 8. The van der Waals surface area contributed by atoms with Gasteiger partial charge >= 0.3 is 11.8 Å². The van der Waals surface area contributed by atoms with Gasteiger partial charge in [0.25, 0.3) is 0 Å². The van der Waals surface area contributed by atoms with Crippen molar-refractivity contribution in [3.63, 3.8) is 0 Å². The minimum Gasteiger partial charge on any atom is -0.497 e. The second-order valence-corrected chi connectivity index (χ2v) is 7.04. The highest BCUT2D eigenvalue weighted by Crippen LogP contribution is 2.24. The fourth-order valence-corrected chi connectivity index (χ4v) is 3.11. The Kier molecular flexibility index (Phi) is 7.01. The lowest BCUT2D eigenvalue weighted by Crippen LogP contribution is -2.24. The van der Waals surface area contributed by atoms with Crippen molar-refractivity contribution in [3.05, 3.63) is 63.6 Å². The third-order valence-corrected chi connectivity index (χ3v) is 4.77. The van der Waals surface area contributed by atoms with Crippen molar-refractivity contribution in [1.29, 1.82) is 0 Å². The van der Waals surface area contributed by atoms with Crippen LogP contribution in [0.25, 0.3) is 11.0 Å². The van der Waals surface area contributed by atoms with Gasteiger partial charge in [-0.2, -0.15) is 13.2 Å². The number of ether oxygens (including phenoxy) is 2. The van der Waals surface area contributed by atoms with Gasteiger partial charge in [0.1, 0.15) is 11.3 Å². The van der Waals surface area contributed by atoms with Gasteiger partial charge in [-0.05, 0) is 42.7 Å². The lowest BCUT2D eigenvalue weighted by molar-refractivity contribution is -0.154. The van der Waals surface area contributed by atoms with E-state index in [1.807, 2.05) is 0 Å². The van der Waals surface area contributed by atoms with Crippen LogP contribution in [0.15, 0.2) is 45.7 Å². The van der Waals surface area contributed by atoms with E-state index in [-0.39, 0.29) is 31.2 Å².